The van der Waals surface area contributed by atoms with Gasteiger partial charge in [-0.15, -0.1) is 0 Å². The summed E-state index contributed by atoms with van der Waals surface area (Å²) in [6.07, 6.45) is 0. The van der Waals surface area contributed by atoms with E-state index in [1.165, 1.54) is 0 Å². The van der Waals surface area contributed by atoms with Gasteiger partial charge in [-0.1, -0.05) is 32.4 Å². The normalized spacial score (nSPS) is 12.8. The van der Waals surface area contributed by atoms with Crippen molar-refractivity contribution in [3.05, 3.63) is 27.7 Å². The molecule has 0 saturated carbocycles. The molecule has 1 atom stereocenters. The number of ether oxygens (including phenoxy) is 1. The third-order valence-electron chi connectivity index (χ3n) is 2.29. The highest BCUT2D eigenvalue weighted by Crippen LogP contribution is 2.28. The fourth-order valence-corrected chi connectivity index (χ4v) is 2.12. The average Bonchev–Trinajstić information content (AvgIpc) is 2.25. The highest BCUT2D eigenvalue weighted by molar-refractivity contribution is 9.10. The summed E-state index contributed by atoms with van der Waals surface area (Å²) >= 11 is 9.30. The first-order chi connectivity index (χ1) is 7.99. The molecule has 0 spiro atoms. The molecule has 0 saturated heterocycles. The molecule has 1 N–H and O–H groups in total. The van der Waals surface area contributed by atoms with E-state index in [0.717, 1.165) is 16.8 Å². The van der Waals surface area contributed by atoms with Gasteiger partial charge >= 0.3 is 0 Å². The summed E-state index contributed by atoms with van der Waals surface area (Å²) in [5.41, 5.74) is 0. The summed E-state index contributed by atoms with van der Waals surface area (Å²) in [4.78, 5) is 0. The van der Waals surface area contributed by atoms with Crippen LogP contribution in [0.1, 0.15) is 20.8 Å². The molecule has 0 radical (unpaired) electrons. The second-order valence-electron chi connectivity index (χ2n) is 4.55. The molecule has 1 aromatic rings. The Bertz CT molecular complexity index is 357. The Morgan fingerprint density at radius 3 is 2.65 bits per heavy atom. The van der Waals surface area contributed by atoms with E-state index in [1.54, 1.807) is 0 Å². The SMILES string of the molecule is CC(CNC(C)C)COc1ccc(Cl)cc1Br. The summed E-state index contributed by atoms with van der Waals surface area (Å²) in [5, 5.41) is 4.10. The fraction of sp³-hybridized carbons (Fsp3) is 0.538. The van der Waals surface area contributed by atoms with Crippen LogP contribution in [0.4, 0.5) is 0 Å². The van der Waals surface area contributed by atoms with E-state index in [4.69, 9.17) is 16.3 Å². The fourth-order valence-electron chi connectivity index (χ4n) is 1.32. The zero-order valence-corrected chi connectivity index (χ0v) is 12.8. The smallest absolute Gasteiger partial charge is 0.133 e. The van der Waals surface area contributed by atoms with E-state index in [9.17, 15) is 0 Å². The van der Waals surface area contributed by atoms with Crippen LogP contribution in [0.5, 0.6) is 5.75 Å². The maximum Gasteiger partial charge on any atom is 0.133 e. The Hall–Kier alpha value is -0.250. The molecule has 0 aliphatic heterocycles. The lowest BCUT2D eigenvalue weighted by Crippen LogP contribution is -2.30. The lowest BCUT2D eigenvalue weighted by molar-refractivity contribution is 0.251. The molecule has 4 heteroatoms. The van der Waals surface area contributed by atoms with Gasteiger partial charge in [-0.05, 0) is 34.1 Å². The van der Waals surface area contributed by atoms with E-state index in [2.05, 4.69) is 42.0 Å². The van der Waals surface area contributed by atoms with Crippen LogP contribution in [-0.4, -0.2) is 19.2 Å². The highest BCUT2D eigenvalue weighted by Gasteiger charge is 2.06. The average molecular weight is 321 g/mol. The van der Waals surface area contributed by atoms with Crippen molar-refractivity contribution in [3.63, 3.8) is 0 Å². The van der Waals surface area contributed by atoms with Crippen LogP contribution in [0.2, 0.25) is 5.02 Å². The molecular formula is C13H19BrClNO. The van der Waals surface area contributed by atoms with Gasteiger partial charge in [-0.3, -0.25) is 0 Å². The van der Waals surface area contributed by atoms with Gasteiger partial charge < -0.3 is 10.1 Å². The van der Waals surface area contributed by atoms with Gasteiger partial charge in [0.15, 0.2) is 0 Å². The lowest BCUT2D eigenvalue weighted by Gasteiger charge is -2.16. The van der Waals surface area contributed by atoms with Gasteiger partial charge in [0.2, 0.25) is 0 Å². The first kappa shape index (κ1) is 14.8. The Balaban J connectivity index is 2.39. The monoisotopic (exact) mass is 319 g/mol. The van der Waals surface area contributed by atoms with Crippen molar-refractivity contribution in [2.75, 3.05) is 13.2 Å². The summed E-state index contributed by atoms with van der Waals surface area (Å²) in [6.45, 7) is 8.11. The maximum absolute atomic E-state index is 5.87. The van der Waals surface area contributed by atoms with Gasteiger partial charge in [0.05, 0.1) is 11.1 Å². The van der Waals surface area contributed by atoms with Crippen molar-refractivity contribution in [2.45, 2.75) is 26.8 Å². The van der Waals surface area contributed by atoms with Crippen LogP contribution in [-0.2, 0) is 0 Å². The van der Waals surface area contributed by atoms with Crippen LogP contribution in [0, 0.1) is 5.92 Å². The Labute approximate surface area is 117 Å². The van der Waals surface area contributed by atoms with E-state index in [1.807, 2.05) is 18.2 Å². The summed E-state index contributed by atoms with van der Waals surface area (Å²) in [5.74, 6) is 1.31. The van der Waals surface area contributed by atoms with Crippen LogP contribution < -0.4 is 10.1 Å². The van der Waals surface area contributed by atoms with Gasteiger partial charge in [0, 0.05) is 23.5 Å². The molecule has 1 unspecified atom stereocenters. The van der Waals surface area contributed by atoms with E-state index in [0.29, 0.717) is 23.6 Å². The second kappa shape index (κ2) is 7.24. The molecule has 17 heavy (non-hydrogen) atoms. The molecule has 0 fully saturated rings. The molecule has 1 rings (SSSR count). The number of hydrogen-bond donors (Lipinski definition) is 1. The molecule has 0 bridgehead atoms. The Kier molecular flexibility index (Phi) is 6.31. The van der Waals surface area contributed by atoms with Gasteiger partial charge in [0.1, 0.15) is 5.75 Å². The van der Waals surface area contributed by atoms with Crippen LogP contribution in [0.25, 0.3) is 0 Å². The largest absolute Gasteiger partial charge is 0.492 e. The zero-order chi connectivity index (χ0) is 12.8. The predicted molar refractivity (Wildman–Crippen MR) is 76.9 cm³/mol. The van der Waals surface area contributed by atoms with Crippen molar-refractivity contribution in [3.8, 4) is 5.75 Å². The Morgan fingerprint density at radius 2 is 2.06 bits per heavy atom. The minimum Gasteiger partial charge on any atom is -0.492 e. The number of halogens is 2. The van der Waals surface area contributed by atoms with Gasteiger partial charge in [-0.25, -0.2) is 0 Å². The molecule has 0 heterocycles. The lowest BCUT2D eigenvalue weighted by atomic mass is 10.2. The van der Waals surface area contributed by atoms with E-state index in [-0.39, 0.29) is 0 Å². The topological polar surface area (TPSA) is 21.3 Å². The zero-order valence-electron chi connectivity index (χ0n) is 10.5. The van der Waals surface area contributed by atoms with Crippen molar-refractivity contribution in [1.82, 2.24) is 5.32 Å². The van der Waals surface area contributed by atoms with Crippen LogP contribution in [0.15, 0.2) is 22.7 Å². The number of benzene rings is 1. The highest BCUT2D eigenvalue weighted by atomic mass is 79.9. The quantitative estimate of drug-likeness (QED) is 0.851. The second-order valence-corrected chi connectivity index (χ2v) is 5.84. The predicted octanol–water partition coefficient (Wildman–Crippen LogP) is 4.12. The molecule has 0 amide bonds. The molecular weight excluding hydrogens is 302 g/mol. The first-order valence-corrected chi connectivity index (χ1v) is 6.97. The minimum atomic E-state index is 0.472. The summed E-state index contributed by atoms with van der Waals surface area (Å²) in [7, 11) is 0. The number of nitrogens with one attached hydrogen (secondary N) is 1. The minimum absolute atomic E-state index is 0.472. The van der Waals surface area contributed by atoms with Gasteiger partial charge in [-0.2, -0.15) is 0 Å². The first-order valence-electron chi connectivity index (χ1n) is 5.80. The molecule has 0 aliphatic carbocycles. The standard InChI is InChI=1S/C13H19BrClNO/c1-9(2)16-7-10(3)8-17-13-5-4-11(15)6-12(13)14/h4-6,9-10,16H,7-8H2,1-3H3. The van der Waals surface area contributed by atoms with Crippen molar-refractivity contribution in [1.29, 1.82) is 0 Å². The number of rotatable bonds is 6. The van der Waals surface area contributed by atoms with Gasteiger partial charge in [0.25, 0.3) is 0 Å². The molecule has 0 aliphatic rings. The summed E-state index contributed by atoms with van der Waals surface area (Å²) < 4.78 is 6.64. The van der Waals surface area contributed by atoms with Crippen molar-refractivity contribution >= 4 is 27.5 Å². The third kappa shape index (κ3) is 5.75. The molecule has 2 nitrogen and oxygen atoms in total. The van der Waals surface area contributed by atoms with E-state index < -0.39 is 0 Å². The number of hydrogen-bond acceptors (Lipinski definition) is 2. The molecule has 96 valence electrons. The Morgan fingerprint density at radius 1 is 1.35 bits per heavy atom. The van der Waals surface area contributed by atoms with Crippen LogP contribution in [0.3, 0.4) is 0 Å². The third-order valence-corrected chi connectivity index (χ3v) is 3.15. The summed E-state index contributed by atoms with van der Waals surface area (Å²) in [6, 6.07) is 6.07. The van der Waals surface area contributed by atoms with Crippen molar-refractivity contribution < 1.29 is 4.74 Å². The molecule has 1 aromatic carbocycles. The van der Waals surface area contributed by atoms with E-state index >= 15 is 0 Å². The van der Waals surface area contributed by atoms with Crippen molar-refractivity contribution in [2.24, 2.45) is 5.92 Å². The molecule has 0 aromatic heterocycles. The van der Waals surface area contributed by atoms with Crippen LogP contribution >= 0.6 is 27.5 Å². The maximum atomic E-state index is 5.87.